The first-order valence-corrected chi connectivity index (χ1v) is 6.37. The second-order valence-electron chi connectivity index (χ2n) is 5.91. The van der Waals surface area contributed by atoms with Crippen molar-refractivity contribution in [2.75, 3.05) is 6.54 Å². The fraction of sp³-hybridized carbons (Fsp3) is 1.00. The van der Waals surface area contributed by atoms with Crippen molar-refractivity contribution < 1.29 is 5.11 Å². The first-order chi connectivity index (χ1) is 6.98. The highest BCUT2D eigenvalue weighted by Crippen LogP contribution is 2.48. The highest BCUT2D eigenvalue weighted by atomic mass is 16.3. The van der Waals surface area contributed by atoms with E-state index in [1.165, 1.54) is 19.3 Å². The predicted molar refractivity (Wildman–Crippen MR) is 64.7 cm³/mol. The molecule has 0 heterocycles. The molecule has 0 aliphatic heterocycles. The smallest absolute Gasteiger partial charge is 0.0659 e. The molecule has 0 spiro atoms. The zero-order chi connectivity index (χ0) is 11.5. The Morgan fingerprint density at radius 1 is 1.33 bits per heavy atom. The minimum Gasteiger partial charge on any atom is -0.392 e. The van der Waals surface area contributed by atoms with Gasteiger partial charge in [0.25, 0.3) is 0 Å². The van der Waals surface area contributed by atoms with E-state index >= 15 is 0 Å². The molecule has 0 bridgehead atoms. The average molecular weight is 213 g/mol. The van der Waals surface area contributed by atoms with Gasteiger partial charge < -0.3 is 10.8 Å². The van der Waals surface area contributed by atoms with Gasteiger partial charge in [-0.2, -0.15) is 0 Å². The van der Waals surface area contributed by atoms with Crippen molar-refractivity contribution in [2.45, 2.75) is 65.4 Å². The van der Waals surface area contributed by atoms with Crippen molar-refractivity contribution >= 4 is 0 Å². The average Bonchev–Trinajstić information content (AvgIpc) is 2.21. The molecule has 0 aromatic carbocycles. The van der Waals surface area contributed by atoms with Crippen molar-refractivity contribution in [1.29, 1.82) is 0 Å². The molecule has 1 rings (SSSR count). The number of aliphatic hydroxyl groups excluding tert-OH is 1. The minimum absolute atomic E-state index is 0.00222. The zero-order valence-corrected chi connectivity index (χ0v) is 10.6. The van der Waals surface area contributed by atoms with Gasteiger partial charge in [0.05, 0.1) is 6.10 Å². The van der Waals surface area contributed by atoms with Gasteiger partial charge >= 0.3 is 0 Å². The minimum atomic E-state index is -0.227. The van der Waals surface area contributed by atoms with Crippen molar-refractivity contribution in [2.24, 2.45) is 16.6 Å². The summed E-state index contributed by atoms with van der Waals surface area (Å²) >= 11 is 0. The topological polar surface area (TPSA) is 46.2 Å². The van der Waals surface area contributed by atoms with E-state index in [4.69, 9.17) is 5.73 Å². The van der Waals surface area contributed by atoms with E-state index in [-0.39, 0.29) is 16.9 Å². The van der Waals surface area contributed by atoms with Gasteiger partial charge in [0, 0.05) is 12.0 Å². The van der Waals surface area contributed by atoms with Crippen LogP contribution in [0, 0.1) is 10.8 Å². The summed E-state index contributed by atoms with van der Waals surface area (Å²) in [6.07, 6.45) is 6.68. The van der Waals surface area contributed by atoms with E-state index in [0.29, 0.717) is 6.54 Å². The van der Waals surface area contributed by atoms with Crippen molar-refractivity contribution in [3.8, 4) is 0 Å². The maximum absolute atomic E-state index is 10.5. The molecule has 2 nitrogen and oxygen atoms in total. The van der Waals surface area contributed by atoms with E-state index in [1.807, 2.05) is 0 Å². The lowest BCUT2D eigenvalue weighted by Crippen LogP contribution is -2.52. The van der Waals surface area contributed by atoms with Crippen LogP contribution in [0.25, 0.3) is 0 Å². The fourth-order valence-corrected chi connectivity index (χ4v) is 3.10. The van der Waals surface area contributed by atoms with Gasteiger partial charge in [-0.15, -0.1) is 0 Å². The van der Waals surface area contributed by atoms with Gasteiger partial charge in [-0.05, 0) is 24.7 Å². The quantitative estimate of drug-likeness (QED) is 0.754. The van der Waals surface area contributed by atoms with E-state index in [9.17, 15) is 5.11 Å². The summed E-state index contributed by atoms with van der Waals surface area (Å²) < 4.78 is 0. The van der Waals surface area contributed by atoms with Gasteiger partial charge in [0.2, 0.25) is 0 Å². The summed E-state index contributed by atoms with van der Waals surface area (Å²) in [5.41, 5.74) is 5.98. The summed E-state index contributed by atoms with van der Waals surface area (Å²) in [4.78, 5) is 0. The molecule has 90 valence electrons. The van der Waals surface area contributed by atoms with Crippen LogP contribution in [0.1, 0.15) is 59.3 Å². The molecule has 1 aliphatic carbocycles. The molecule has 0 aromatic rings. The monoisotopic (exact) mass is 213 g/mol. The molecule has 0 amide bonds. The molecular formula is C13H27NO. The Bertz CT molecular complexity index is 203. The molecule has 15 heavy (non-hydrogen) atoms. The van der Waals surface area contributed by atoms with Crippen LogP contribution >= 0.6 is 0 Å². The molecule has 1 fully saturated rings. The van der Waals surface area contributed by atoms with Crippen molar-refractivity contribution in [3.05, 3.63) is 0 Å². The number of aliphatic hydroxyl groups is 1. The van der Waals surface area contributed by atoms with Gasteiger partial charge in [0.1, 0.15) is 0 Å². The van der Waals surface area contributed by atoms with Crippen LogP contribution in [0.15, 0.2) is 0 Å². The summed E-state index contributed by atoms with van der Waals surface area (Å²) in [5, 5.41) is 10.5. The van der Waals surface area contributed by atoms with E-state index in [0.717, 1.165) is 19.3 Å². The van der Waals surface area contributed by atoms with Gasteiger partial charge in [-0.3, -0.25) is 0 Å². The standard InChI is InChI=1S/C13H27NO/c1-4-5-8-13(10-14)9-6-7-12(2,3)11(13)15/h11,15H,4-10,14H2,1-3H3. The largest absolute Gasteiger partial charge is 0.392 e. The van der Waals surface area contributed by atoms with Crippen LogP contribution in [-0.4, -0.2) is 17.8 Å². The van der Waals surface area contributed by atoms with Crippen LogP contribution in [0.3, 0.4) is 0 Å². The summed E-state index contributed by atoms with van der Waals surface area (Å²) in [5.74, 6) is 0. The number of unbranched alkanes of at least 4 members (excludes halogenated alkanes) is 1. The predicted octanol–water partition coefficient (Wildman–Crippen LogP) is 2.69. The van der Waals surface area contributed by atoms with Crippen LogP contribution in [0.5, 0.6) is 0 Å². The number of hydrogen-bond acceptors (Lipinski definition) is 2. The first-order valence-electron chi connectivity index (χ1n) is 6.37. The Labute approximate surface area is 94.2 Å². The molecule has 3 N–H and O–H groups in total. The SMILES string of the molecule is CCCCC1(CN)CCCC(C)(C)C1O. The lowest BCUT2D eigenvalue weighted by atomic mass is 9.59. The van der Waals surface area contributed by atoms with Crippen molar-refractivity contribution in [3.63, 3.8) is 0 Å². The highest BCUT2D eigenvalue weighted by Gasteiger charge is 2.47. The lowest BCUT2D eigenvalue weighted by molar-refractivity contribution is -0.0932. The van der Waals surface area contributed by atoms with Crippen LogP contribution in [-0.2, 0) is 0 Å². The Morgan fingerprint density at radius 3 is 2.53 bits per heavy atom. The molecule has 2 heteroatoms. The Balaban J connectivity index is 2.77. The zero-order valence-electron chi connectivity index (χ0n) is 10.6. The molecule has 1 saturated carbocycles. The second-order valence-corrected chi connectivity index (χ2v) is 5.91. The summed E-state index contributed by atoms with van der Waals surface area (Å²) in [7, 11) is 0. The molecule has 2 atom stereocenters. The van der Waals surface area contributed by atoms with Crippen molar-refractivity contribution in [1.82, 2.24) is 0 Å². The van der Waals surface area contributed by atoms with Crippen LogP contribution < -0.4 is 5.73 Å². The molecule has 2 unspecified atom stereocenters. The van der Waals surface area contributed by atoms with Gasteiger partial charge in [0.15, 0.2) is 0 Å². The molecule has 1 aliphatic rings. The summed E-state index contributed by atoms with van der Waals surface area (Å²) in [6.45, 7) is 7.18. The Hall–Kier alpha value is -0.0800. The normalized spacial score (nSPS) is 35.4. The fourth-order valence-electron chi connectivity index (χ4n) is 3.10. The van der Waals surface area contributed by atoms with Crippen LogP contribution in [0.2, 0.25) is 0 Å². The Kier molecular flexibility index (Phi) is 4.19. The van der Waals surface area contributed by atoms with E-state index < -0.39 is 0 Å². The van der Waals surface area contributed by atoms with E-state index in [1.54, 1.807) is 0 Å². The number of hydrogen-bond donors (Lipinski definition) is 2. The second kappa shape index (κ2) is 4.84. The number of rotatable bonds is 4. The Morgan fingerprint density at radius 2 is 2.00 bits per heavy atom. The summed E-state index contributed by atoms with van der Waals surface area (Å²) in [6, 6.07) is 0. The van der Waals surface area contributed by atoms with Crippen LogP contribution in [0.4, 0.5) is 0 Å². The molecule has 0 radical (unpaired) electrons. The lowest BCUT2D eigenvalue weighted by Gasteiger charge is -2.49. The maximum atomic E-state index is 10.5. The van der Waals surface area contributed by atoms with E-state index in [2.05, 4.69) is 20.8 Å². The van der Waals surface area contributed by atoms with Gasteiger partial charge in [-0.25, -0.2) is 0 Å². The maximum Gasteiger partial charge on any atom is 0.0659 e. The highest BCUT2D eigenvalue weighted by molar-refractivity contribution is 4.98. The van der Waals surface area contributed by atoms with Gasteiger partial charge in [-0.1, -0.05) is 40.0 Å². The first kappa shape index (κ1) is 13.0. The third-order valence-electron chi connectivity index (χ3n) is 4.25. The third-order valence-corrected chi connectivity index (χ3v) is 4.25. The number of nitrogens with two attached hydrogens (primary N) is 1. The molecular weight excluding hydrogens is 186 g/mol. The molecule has 0 saturated heterocycles. The third kappa shape index (κ3) is 2.54. The molecule has 0 aromatic heterocycles.